The molecule has 0 saturated heterocycles. The van der Waals surface area contributed by atoms with Gasteiger partial charge in [-0.15, -0.1) is 13.2 Å². The molecule has 2 aromatic rings. The van der Waals surface area contributed by atoms with Crippen LogP contribution in [0.25, 0.3) is 10.9 Å². The van der Waals surface area contributed by atoms with Crippen molar-refractivity contribution in [3.8, 4) is 0 Å². The number of allylic oxidation sites excluding steroid dienone is 1. The highest BCUT2D eigenvalue weighted by molar-refractivity contribution is 5.83. The van der Waals surface area contributed by atoms with Gasteiger partial charge in [0.25, 0.3) is 0 Å². The minimum absolute atomic E-state index is 0.853. The van der Waals surface area contributed by atoms with Crippen LogP contribution in [0.1, 0.15) is 5.56 Å². The lowest BCUT2D eigenvalue weighted by atomic mass is 10.1. The average molecular weight is 240 g/mol. The topological polar surface area (TPSA) is 8.17 Å². The summed E-state index contributed by atoms with van der Waals surface area (Å²) in [4.78, 5) is 2.26. The van der Waals surface area contributed by atoms with Crippen molar-refractivity contribution in [1.29, 1.82) is 0 Å². The van der Waals surface area contributed by atoms with E-state index in [-0.39, 0.29) is 0 Å². The van der Waals surface area contributed by atoms with Gasteiger partial charge in [0.1, 0.15) is 0 Å². The fraction of sp³-hybridized carbons (Fsp3) is 0.250. The molecule has 18 heavy (non-hydrogen) atoms. The standard InChI is InChI=1S/C16H20N2/c1-4-10-17(3)13-15-8-6-7-14-9-12-18(11-5-2)16(14)15/h4-9,12H,1-2,10-11,13H2,3H3. The van der Waals surface area contributed by atoms with Gasteiger partial charge >= 0.3 is 0 Å². The van der Waals surface area contributed by atoms with Gasteiger partial charge in [0.15, 0.2) is 0 Å². The van der Waals surface area contributed by atoms with Crippen LogP contribution in [0.5, 0.6) is 0 Å². The summed E-state index contributed by atoms with van der Waals surface area (Å²) in [5, 5.41) is 1.29. The summed E-state index contributed by atoms with van der Waals surface area (Å²) in [7, 11) is 2.11. The summed E-state index contributed by atoms with van der Waals surface area (Å²) in [5.41, 5.74) is 2.66. The maximum absolute atomic E-state index is 3.82. The molecule has 2 heteroatoms. The van der Waals surface area contributed by atoms with E-state index in [9.17, 15) is 0 Å². The van der Waals surface area contributed by atoms with Gasteiger partial charge in [-0.1, -0.05) is 30.4 Å². The van der Waals surface area contributed by atoms with Crippen molar-refractivity contribution in [2.75, 3.05) is 13.6 Å². The third-order valence-electron chi connectivity index (χ3n) is 3.08. The molecule has 1 aromatic heterocycles. The maximum Gasteiger partial charge on any atom is 0.0528 e. The van der Waals surface area contributed by atoms with Gasteiger partial charge in [-0.25, -0.2) is 0 Å². The molecule has 0 fully saturated rings. The molecule has 0 saturated carbocycles. The molecule has 0 N–H and O–H groups in total. The Kier molecular flexibility index (Phi) is 4.00. The van der Waals surface area contributed by atoms with Crippen molar-refractivity contribution < 1.29 is 0 Å². The lowest BCUT2D eigenvalue weighted by Crippen LogP contribution is -2.18. The monoisotopic (exact) mass is 240 g/mol. The SMILES string of the molecule is C=CCN(C)Cc1cccc2ccn(CC=C)c12. The van der Waals surface area contributed by atoms with E-state index in [0.717, 1.165) is 19.6 Å². The van der Waals surface area contributed by atoms with E-state index < -0.39 is 0 Å². The fourth-order valence-corrected chi connectivity index (χ4v) is 2.34. The Morgan fingerprint density at radius 1 is 1.22 bits per heavy atom. The summed E-state index contributed by atoms with van der Waals surface area (Å²) in [6.45, 7) is 10.3. The van der Waals surface area contributed by atoms with Gasteiger partial charge in [-0.3, -0.25) is 4.90 Å². The van der Waals surface area contributed by atoms with Gasteiger partial charge in [0.2, 0.25) is 0 Å². The molecule has 0 radical (unpaired) electrons. The minimum atomic E-state index is 0.853. The molecule has 0 aliphatic carbocycles. The normalized spacial score (nSPS) is 11.0. The van der Waals surface area contributed by atoms with Crippen LogP contribution in [0.2, 0.25) is 0 Å². The van der Waals surface area contributed by atoms with Gasteiger partial charge in [0.05, 0.1) is 5.52 Å². The molecule has 1 heterocycles. The Morgan fingerprint density at radius 2 is 2.06 bits per heavy atom. The number of para-hydroxylation sites is 1. The number of benzene rings is 1. The largest absolute Gasteiger partial charge is 0.343 e. The van der Waals surface area contributed by atoms with Crippen molar-refractivity contribution in [3.63, 3.8) is 0 Å². The van der Waals surface area contributed by atoms with E-state index in [1.807, 2.05) is 12.2 Å². The average Bonchev–Trinajstić information content (AvgIpc) is 2.74. The summed E-state index contributed by atoms with van der Waals surface area (Å²) in [5.74, 6) is 0. The molecular formula is C16H20N2. The Balaban J connectivity index is 2.39. The van der Waals surface area contributed by atoms with Crippen molar-refractivity contribution in [1.82, 2.24) is 9.47 Å². The Morgan fingerprint density at radius 3 is 2.78 bits per heavy atom. The number of rotatable bonds is 6. The van der Waals surface area contributed by atoms with Crippen LogP contribution in [0.3, 0.4) is 0 Å². The summed E-state index contributed by atoms with van der Waals surface area (Å²) < 4.78 is 2.25. The first-order valence-electron chi connectivity index (χ1n) is 6.23. The summed E-state index contributed by atoms with van der Waals surface area (Å²) >= 11 is 0. The highest BCUT2D eigenvalue weighted by atomic mass is 15.1. The van der Waals surface area contributed by atoms with Crippen molar-refractivity contribution in [2.24, 2.45) is 0 Å². The number of fused-ring (bicyclic) bond motifs is 1. The number of nitrogens with zero attached hydrogens (tertiary/aromatic N) is 2. The summed E-state index contributed by atoms with van der Waals surface area (Å²) in [6.07, 6.45) is 6.00. The van der Waals surface area contributed by atoms with Crippen LogP contribution in [-0.2, 0) is 13.1 Å². The highest BCUT2D eigenvalue weighted by Crippen LogP contribution is 2.21. The summed E-state index contributed by atoms with van der Waals surface area (Å²) in [6, 6.07) is 8.64. The van der Waals surface area contributed by atoms with Gasteiger partial charge in [0, 0.05) is 25.8 Å². The van der Waals surface area contributed by atoms with Crippen LogP contribution in [0, 0.1) is 0 Å². The quantitative estimate of drug-likeness (QED) is 0.702. The maximum atomic E-state index is 3.82. The molecule has 0 aliphatic rings. The van der Waals surface area contributed by atoms with Crippen LogP contribution >= 0.6 is 0 Å². The number of hydrogen-bond donors (Lipinski definition) is 0. The second-order valence-electron chi connectivity index (χ2n) is 4.60. The molecule has 2 nitrogen and oxygen atoms in total. The third kappa shape index (κ3) is 2.54. The minimum Gasteiger partial charge on any atom is -0.343 e. The first kappa shape index (κ1) is 12.7. The first-order valence-corrected chi connectivity index (χ1v) is 6.23. The van der Waals surface area contributed by atoms with Crippen LogP contribution in [0.4, 0.5) is 0 Å². The van der Waals surface area contributed by atoms with Crippen LogP contribution in [-0.4, -0.2) is 23.1 Å². The highest BCUT2D eigenvalue weighted by Gasteiger charge is 2.07. The zero-order valence-electron chi connectivity index (χ0n) is 11.0. The van der Waals surface area contributed by atoms with Gasteiger partial charge in [-0.05, 0) is 24.1 Å². The second kappa shape index (κ2) is 5.69. The lowest BCUT2D eigenvalue weighted by Gasteiger charge is -2.16. The predicted molar refractivity (Wildman–Crippen MR) is 78.7 cm³/mol. The van der Waals surface area contributed by atoms with Gasteiger partial charge < -0.3 is 4.57 Å². The molecule has 0 spiro atoms. The van der Waals surface area contributed by atoms with E-state index in [0.29, 0.717) is 0 Å². The molecule has 0 unspecified atom stereocenters. The molecule has 94 valence electrons. The van der Waals surface area contributed by atoms with Crippen molar-refractivity contribution in [3.05, 3.63) is 61.3 Å². The molecular weight excluding hydrogens is 220 g/mol. The fourth-order valence-electron chi connectivity index (χ4n) is 2.34. The smallest absolute Gasteiger partial charge is 0.0528 e. The molecule has 0 bridgehead atoms. The second-order valence-corrected chi connectivity index (χ2v) is 4.60. The molecule has 0 amide bonds. The molecule has 2 rings (SSSR count). The van der Waals surface area contributed by atoms with E-state index in [4.69, 9.17) is 0 Å². The molecule has 0 atom stereocenters. The third-order valence-corrected chi connectivity index (χ3v) is 3.08. The van der Waals surface area contributed by atoms with Crippen molar-refractivity contribution in [2.45, 2.75) is 13.1 Å². The number of likely N-dealkylation sites (N-methyl/N-ethyl adjacent to an activating group) is 1. The number of aromatic nitrogens is 1. The van der Waals surface area contributed by atoms with E-state index in [1.54, 1.807) is 0 Å². The van der Waals surface area contributed by atoms with Crippen LogP contribution < -0.4 is 0 Å². The molecule has 0 aliphatic heterocycles. The van der Waals surface area contributed by atoms with E-state index in [1.165, 1.54) is 16.5 Å². The Bertz CT molecular complexity index is 551. The number of hydrogen-bond acceptors (Lipinski definition) is 1. The van der Waals surface area contributed by atoms with Crippen LogP contribution in [0.15, 0.2) is 55.8 Å². The zero-order valence-corrected chi connectivity index (χ0v) is 11.0. The Labute approximate surface area is 109 Å². The predicted octanol–water partition coefficient (Wildman–Crippen LogP) is 3.45. The Hall–Kier alpha value is -1.80. The van der Waals surface area contributed by atoms with E-state index >= 15 is 0 Å². The zero-order chi connectivity index (χ0) is 13.0. The first-order chi connectivity index (χ1) is 8.76. The van der Waals surface area contributed by atoms with Crippen molar-refractivity contribution >= 4 is 10.9 Å². The lowest BCUT2D eigenvalue weighted by molar-refractivity contribution is 0.364. The van der Waals surface area contributed by atoms with E-state index in [2.05, 4.69) is 60.1 Å². The molecule has 1 aromatic carbocycles. The van der Waals surface area contributed by atoms with Gasteiger partial charge in [-0.2, -0.15) is 0 Å².